The Morgan fingerprint density at radius 2 is 2.00 bits per heavy atom. The Balaban J connectivity index is 2.10. The topological polar surface area (TPSA) is 73.5 Å². The fourth-order valence-corrected chi connectivity index (χ4v) is 2.17. The number of carbonyl (C=O) groups is 1. The van der Waals surface area contributed by atoms with E-state index < -0.39 is 17.1 Å². The van der Waals surface area contributed by atoms with Crippen molar-refractivity contribution in [1.82, 2.24) is 14.0 Å². The van der Waals surface area contributed by atoms with Gasteiger partial charge < -0.3 is 9.64 Å². The Kier molecular flexibility index (Phi) is 5.18. The summed E-state index contributed by atoms with van der Waals surface area (Å²) in [5, 5.41) is 0. The minimum absolute atomic E-state index is 0.129. The van der Waals surface area contributed by atoms with Crippen molar-refractivity contribution in [1.29, 1.82) is 0 Å². The van der Waals surface area contributed by atoms with Gasteiger partial charge in [0.05, 0.1) is 7.11 Å². The first-order valence-electron chi connectivity index (χ1n) is 7.16. The van der Waals surface area contributed by atoms with Gasteiger partial charge in [0, 0.05) is 32.9 Å². The highest BCUT2D eigenvalue weighted by Gasteiger charge is 2.13. The number of carbonyl (C=O) groups excluding carboxylic acids is 1. The van der Waals surface area contributed by atoms with Gasteiger partial charge in [-0.3, -0.25) is 18.7 Å². The molecular formula is C16H18FN3O4. The minimum atomic E-state index is -0.570. The summed E-state index contributed by atoms with van der Waals surface area (Å²) in [7, 11) is 4.27. The Morgan fingerprint density at radius 1 is 1.29 bits per heavy atom. The SMILES string of the molecule is COc1ccc(CN(C)C(=O)Cn2ccc(=O)n(C)c2=O)cc1F. The van der Waals surface area contributed by atoms with Gasteiger partial charge in [0.25, 0.3) is 5.56 Å². The van der Waals surface area contributed by atoms with Crippen molar-refractivity contribution in [2.24, 2.45) is 7.05 Å². The quantitative estimate of drug-likeness (QED) is 0.790. The van der Waals surface area contributed by atoms with Crippen LogP contribution in [0.1, 0.15) is 5.56 Å². The van der Waals surface area contributed by atoms with E-state index >= 15 is 0 Å². The van der Waals surface area contributed by atoms with E-state index in [1.165, 1.54) is 43.5 Å². The van der Waals surface area contributed by atoms with Gasteiger partial charge in [-0.25, -0.2) is 9.18 Å². The van der Waals surface area contributed by atoms with Gasteiger partial charge in [-0.1, -0.05) is 6.07 Å². The smallest absolute Gasteiger partial charge is 0.331 e. The summed E-state index contributed by atoms with van der Waals surface area (Å²) >= 11 is 0. The Labute approximate surface area is 137 Å². The van der Waals surface area contributed by atoms with Gasteiger partial charge in [0.1, 0.15) is 6.54 Å². The molecule has 24 heavy (non-hydrogen) atoms. The molecule has 0 atom stereocenters. The van der Waals surface area contributed by atoms with Crippen LogP contribution in [0.2, 0.25) is 0 Å². The summed E-state index contributed by atoms with van der Waals surface area (Å²) in [6.07, 6.45) is 1.28. The molecule has 0 aliphatic carbocycles. The van der Waals surface area contributed by atoms with Gasteiger partial charge in [-0.05, 0) is 17.7 Å². The van der Waals surface area contributed by atoms with Crippen LogP contribution in [0.4, 0.5) is 4.39 Å². The van der Waals surface area contributed by atoms with E-state index in [2.05, 4.69) is 0 Å². The van der Waals surface area contributed by atoms with Crippen molar-refractivity contribution >= 4 is 5.91 Å². The summed E-state index contributed by atoms with van der Waals surface area (Å²) in [5.41, 5.74) is -0.414. The van der Waals surface area contributed by atoms with Crippen LogP contribution in [0.15, 0.2) is 40.1 Å². The average molecular weight is 335 g/mol. The van der Waals surface area contributed by atoms with Crippen LogP contribution in [0.3, 0.4) is 0 Å². The van der Waals surface area contributed by atoms with Crippen LogP contribution in [0.25, 0.3) is 0 Å². The van der Waals surface area contributed by atoms with Crippen LogP contribution >= 0.6 is 0 Å². The van der Waals surface area contributed by atoms with E-state index in [0.29, 0.717) is 5.56 Å². The summed E-state index contributed by atoms with van der Waals surface area (Å²) in [5.74, 6) is -0.721. The van der Waals surface area contributed by atoms with Gasteiger partial charge in [0.2, 0.25) is 5.91 Å². The van der Waals surface area contributed by atoms with Crippen LogP contribution in [0, 0.1) is 5.82 Å². The van der Waals surface area contributed by atoms with Crippen molar-refractivity contribution in [3.63, 3.8) is 0 Å². The van der Waals surface area contributed by atoms with Crippen LogP contribution in [-0.4, -0.2) is 34.1 Å². The monoisotopic (exact) mass is 335 g/mol. The zero-order chi connectivity index (χ0) is 17.9. The summed E-state index contributed by atoms with van der Waals surface area (Å²) in [6, 6.07) is 5.65. The van der Waals surface area contributed by atoms with Crippen molar-refractivity contribution < 1.29 is 13.9 Å². The fourth-order valence-electron chi connectivity index (χ4n) is 2.17. The second kappa shape index (κ2) is 7.12. The van der Waals surface area contributed by atoms with E-state index in [4.69, 9.17) is 4.74 Å². The molecule has 1 amide bonds. The lowest BCUT2D eigenvalue weighted by atomic mass is 10.2. The van der Waals surface area contributed by atoms with E-state index in [-0.39, 0.29) is 24.7 Å². The second-order valence-corrected chi connectivity index (χ2v) is 5.34. The van der Waals surface area contributed by atoms with Crippen molar-refractivity contribution in [3.05, 3.63) is 62.7 Å². The van der Waals surface area contributed by atoms with Crippen LogP contribution in [-0.2, 0) is 24.9 Å². The first-order valence-corrected chi connectivity index (χ1v) is 7.16. The summed E-state index contributed by atoms with van der Waals surface area (Å²) < 4.78 is 20.6. The average Bonchev–Trinajstić information content (AvgIpc) is 2.55. The molecule has 0 spiro atoms. The highest BCUT2D eigenvalue weighted by Crippen LogP contribution is 2.18. The van der Waals surface area contributed by atoms with Gasteiger partial charge in [0.15, 0.2) is 11.6 Å². The third-order valence-electron chi connectivity index (χ3n) is 3.63. The maximum Gasteiger partial charge on any atom is 0.331 e. The molecule has 0 bridgehead atoms. The molecule has 0 aliphatic rings. The lowest BCUT2D eigenvalue weighted by Gasteiger charge is -2.18. The van der Waals surface area contributed by atoms with Crippen molar-refractivity contribution in [3.8, 4) is 5.75 Å². The molecule has 7 nitrogen and oxygen atoms in total. The molecule has 2 aromatic rings. The molecule has 0 fully saturated rings. The molecule has 0 unspecified atom stereocenters. The molecule has 8 heteroatoms. The molecule has 1 aromatic carbocycles. The molecule has 1 aromatic heterocycles. The molecule has 0 saturated heterocycles. The third kappa shape index (κ3) is 3.70. The number of nitrogens with zero attached hydrogens (tertiary/aromatic N) is 3. The molecule has 0 N–H and O–H groups in total. The number of benzene rings is 1. The number of likely N-dealkylation sites (N-methyl/N-ethyl adjacent to an activating group) is 1. The molecule has 2 rings (SSSR count). The van der Waals surface area contributed by atoms with E-state index in [1.807, 2.05) is 0 Å². The number of ether oxygens (including phenoxy) is 1. The molecule has 1 heterocycles. The lowest BCUT2D eigenvalue weighted by molar-refractivity contribution is -0.131. The number of halogens is 1. The maximum atomic E-state index is 13.7. The van der Waals surface area contributed by atoms with Gasteiger partial charge >= 0.3 is 5.69 Å². The number of hydrogen-bond donors (Lipinski definition) is 0. The molecule has 0 aliphatic heterocycles. The van der Waals surface area contributed by atoms with E-state index in [9.17, 15) is 18.8 Å². The normalized spacial score (nSPS) is 10.5. The fraction of sp³-hybridized carbons (Fsp3) is 0.312. The number of hydrogen-bond acceptors (Lipinski definition) is 4. The van der Waals surface area contributed by atoms with Crippen LogP contribution in [0.5, 0.6) is 5.75 Å². The maximum absolute atomic E-state index is 13.7. The first kappa shape index (κ1) is 17.5. The predicted octanol–water partition coefficient (Wildman–Crippen LogP) is 0.353. The number of methoxy groups -OCH3 is 1. The summed E-state index contributed by atoms with van der Waals surface area (Å²) in [4.78, 5) is 36.9. The van der Waals surface area contributed by atoms with E-state index in [1.54, 1.807) is 13.1 Å². The summed E-state index contributed by atoms with van der Waals surface area (Å²) in [6.45, 7) is -0.0254. The minimum Gasteiger partial charge on any atom is -0.494 e. The standard InChI is InChI=1S/C16H18FN3O4/c1-18(9-11-4-5-13(24-3)12(17)8-11)15(22)10-20-7-6-14(21)19(2)16(20)23/h4-8H,9-10H2,1-3H3. The Morgan fingerprint density at radius 3 is 2.62 bits per heavy atom. The zero-order valence-electron chi connectivity index (χ0n) is 13.7. The highest BCUT2D eigenvalue weighted by atomic mass is 19.1. The van der Waals surface area contributed by atoms with Gasteiger partial charge in [-0.15, -0.1) is 0 Å². The van der Waals surface area contributed by atoms with Crippen molar-refractivity contribution in [2.45, 2.75) is 13.1 Å². The Hall–Kier alpha value is -2.90. The lowest BCUT2D eigenvalue weighted by Crippen LogP contribution is -2.40. The first-order chi connectivity index (χ1) is 11.3. The number of rotatable bonds is 5. The largest absolute Gasteiger partial charge is 0.494 e. The zero-order valence-corrected chi connectivity index (χ0v) is 13.7. The number of aromatic nitrogens is 2. The third-order valence-corrected chi connectivity index (χ3v) is 3.63. The Bertz CT molecular complexity index is 872. The molecule has 0 saturated carbocycles. The molecule has 128 valence electrons. The van der Waals surface area contributed by atoms with Crippen molar-refractivity contribution in [2.75, 3.05) is 14.2 Å². The molecule has 0 radical (unpaired) electrons. The molecular weight excluding hydrogens is 317 g/mol. The van der Waals surface area contributed by atoms with E-state index in [0.717, 1.165) is 9.13 Å². The van der Waals surface area contributed by atoms with Gasteiger partial charge in [-0.2, -0.15) is 0 Å². The van der Waals surface area contributed by atoms with Crippen LogP contribution < -0.4 is 16.0 Å². The highest BCUT2D eigenvalue weighted by molar-refractivity contribution is 5.75. The second-order valence-electron chi connectivity index (χ2n) is 5.34. The number of amides is 1. The predicted molar refractivity (Wildman–Crippen MR) is 85.4 cm³/mol.